The van der Waals surface area contributed by atoms with Crippen LogP contribution in [0.1, 0.15) is 24.4 Å². The van der Waals surface area contributed by atoms with Crippen molar-refractivity contribution in [3.8, 4) is 0 Å². The second-order valence-electron chi connectivity index (χ2n) is 6.63. The van der Waals surface area contributed by atoms with Gasteiger partial charge in [-0.2, -0.15) is 0 Å². The van der Waals surface area contributed by atoms with E-state index in [1.54, 1.807) is 18.3 Å². The van der Waals surface area contributed by atoms with Crippen molar-refractivity contribution in [3.05, 3.63) is 53.9 Å². The van der Waals surface area contributed by atoms with Crippen molar-refractivity contribution in [2.24, 2.45) is 12.8 Å². The highest BCUT2D eigenvalue weighted by Crippen LogP contribution is 2.25. The second kappa shape index (κ2) is 7.33. The van der Waals surface area contributed by atoms with Crippen LogP contribution in [0.3, 0.4) is 0 Å². The Morgan fingerprint density at radius 2 is 2.08 bits per heavy atom. The minimum Gasteiger partial charge on any atom is -0.368 e. The molecule has 25 heavy (non-hydrogen) atoms. The van der Waals surface area contributed by atoms with E-state index in [2.05, 4.69) is 21.7 Å². The number of benzene rings is 1. The average Bonchev–Trinajstić information content (AvgIpc) is 2.97. The fourth-order valence-electron chi connectivity index (χ4n) is 3.42. The Morgan fingerprint density at radius 1 is 1.36 bits per heavy atom. The lowest BCUT2D eigenvalue weighted by atomic mass is 10.0. The summed E-state index contributed by atoms with van der Waals surface area (Å²) in [7, 11) is 1.99. The van der Waals surface area contributed by atoms with Crippen molar-refractivity contribution < 1.29 is 9.18 Å². The van der Waals surface area contributed by atoms with E-state index in [9.17, 15) is 9.18 Å². The van der Waals surface area contributed by atoms with Crippen molar-refractivity contribution in [3.63, 3.8) is 0 Å². The number of aromatic nitrogens is 2. The van der Waals surface area contributed by atoms with Gasteiger partial charge >= 0.3 is 0 Å². The molecule has 0 bridgehead atoms. The number of hydrogen-bond donors (Lipinski definition) is 1. The zero-order valence-electron chi connectivity index (χ0n) is 14.6. The van der Waals surface area contributed by atoms with Gasteiger partial charge in [0.25, 0.3) is 0 Å². The second-order valence-corrected chi connectivity index (χ2v) is 6.63. The fourth-order valence-corrected chi connectivity index (χ4v) is 3.42. The van der Waals surface area contributed by atoms with Crippen molar-refractivity contribution >= 4 is 5.91 Å². The summed E-state index contributed by atoms with van der Waals surface area (Å²) in [5.74, 6) is 0.293. The van der Waals surface area contributed by atoms with Gasteiger partial charge in [0, 0.05) is 45.1 Å². The summed E-state index contributed by atoms with van der Waals surface area (Å²) in [4.78, 5) is 20.8. The summed E-state index contributed by atoms with van der Waals surface area (Å²) in [6.07, 6.45) is 3.74. The molecule has 0 spiro atoms. The van der Waals surface area contributed by atoms with E-state index in [1.807, 2.05) is 17.8 Å². The van der Waals surface area contributed by atoms with Crippen LogP contribution in [0.25, 0.3) is 0 Å². The first kappa shape index (κ1) is 17.6. The molecule has 1 amide bonds. The summed E-state index contributed by atoms with van der Waals surface area (Å²) in [5, 5.41) is 0. The number of nitrogens with two attached hydrogens (primary N) is 1. The molecule has 2 atom stereocenters. The third kappa shape index (κ3) is 3.88. The summed E-state index contributed by atoms with van der Waals surface area (Å²) < 4.78 is 15.2. The zero-order valence-corrected chi connectivity index (χ0v) is 14.6. The maximum atomic E-state index is 13.2. The standard InChI is InChI=1S/C18H24FN5O/c1-13-11-24(10-9-23(13)12-16-21-7-8-22(16)2)17(18(20)25)14-3-5-15(19)6-4-14/h3-8,13,17H,9-12H2,1-2H3,(H2,20,25)/t13-,17+/m0/s1. The molecule has 2 N–H and O–H groups in total. The Bertz CT molecular complexity index is 729. The molecule has 1 saturated heterocycles. The van der Waals surface area contributed by atoms with E-state index in [1.165, 1.54) is 12.1 Å². The van der Waals surface area contributed by atoms with Crippen LogP contribution in [0.5, 0.6) is 0 Å². The highest BCUT2D eigenvalue weighted by molar-refractivity contribution is 5.81. The lowest BCUT2D eigenvalue weighted by Crippen LogP contribution is -2.54. The van der Waals surface area contributed by atoms with Gasteiger partial charge in [0.05, 0.1) is 6.54 Å². The number of carbonyl (C=O) groups is 1. The molecule has 0 aliphatic carbocycles. The minimum atomic E-state index is -0.529. The van der Waals surface area contributed by atoms with Crippen molar-refractivity contribution in [2.75, 3.05) is 19.6 Å². The van der Waals surface area contributed by atoms with Crippen LogP contribution in [0, 0.1) is 5.82 Å². The van der Waals surface area contributed by atoms with Crippen LogP contribution in [0.15, 0.2) is 36.7 Å². The molecule has 2 aromatic rings. The van der Waals surface area contributed by atoms with Crippen LogP contribution in [-0.4, -0.2) is 50.9 Å². The number of imidazole rings is 1. The quantitative estimate of drug-likeness (QED) is 0.887. The van der Waals surface area contributed by atoms with Gasteiger partial charge in [0.1, 0.15) is 17.7 Å². The predicted molar refractivity (Wildman–Crippen MR) is 93.0 cm³/mol. The van der Waals surface area contributed by atoms with E-state index < -0.39 is 11.9 Å². The number of piperazine rings is 1. The van der Waals surface area contributed by atoms with Crippen LogP contribution >= 0.6 is 0 Å². The Kier molecular flexibility index (Phi) is 5.15. The first-order valence-corrected chi connectivity index (χ1v) is 8.45. The number of primary amides is 1. The maximum absolute atomic E-state index is 13.2. The molecule has 1 fully saturated rings. The number of carbonyl (C=O) groups excluding carboxylic acids is 1. The smallest absolute Gasteiger partial charge is 0.239 e. The highest BCUT2D eigenvalue weighted by Gasteiger charge is 2.32. The van der Waals surface area contributed by atoms with E-state index in [0.717, 1.165) is 37.6 Å². The summed E-state index contributed by atoms with van der Waals surface area (Å²) in [5.41, 5.74) is 6.38. The van der Waals surface area contributed by atoms with E-state index >= 15 is 0 Å². The van der Waals surface area contributed by atoms with Crippen molar-refractivity contribution in [2.45, 2.75) is 25.6 Å². The van der Waals surface area contributed by atoms with Gasteiger partial charge in [-0.25, -0.2) is 9.37 Å². The topological polar surface area (TPSA) is 67.4 Å². The van der Waals surface area contributed by atoms with E-state index in [0.29, 0.717) is 0 Å². The monoisotopic (exact) mass is 345 g/mol. The minimum absolute atomic E-state index is 0.257. The van der Waals surface area contributed by atoms with Crippen LogP contribution in [0.4, 0.5) is 4.39 Å². The average molecular weight is 345 g/mol. The van der Waals surface area contributed by atoms with Gasteiger partial charge in [0.2, 0.25) is 5.91 Å². The molecular weight excluding hydrogens is 321 g/mol. The molecule has 7 heteroatoms. The number of aryl methyl sites for hydroxylation is 1. The zero-order chi connectivity index (χ0) is 18.0. The number of rotatable bonds is 5. The first-order chi connectivity index (χ1) is 12.0. The summed E-state index contributed by atoms with van der Waals surface area (Å²) in [6.45, 7) is 5.17. The molecule has 3 rings (SSSR count). The Balaban J connectivity index is 1.70. The molecule has 0 saturated carbocycles. The molecule has 0 unspecified atom stereocenters. The molecular formula is C18H24FN5O. The molecule has 0 radical (unpaired) electrons. The van der Waals surface area contributed by atoms with Crippen molar-refractivity contribution in [1.82, 2.24) is 19.4 Å². The molecule has 1 aromatic carbocycles. The molecule has 1 aliphatic heterocycles. The molecule has 2 heterocycles. The number of halogens is 1. The largest absolute Gasteiger partial charge is 0.368 e. The van der Waals surface area contributed by atoms with Gasteiger partial charge in [-0.1, -0.05) is 12.1 Å². The Hall–Kier alpha value is -2.25. The predicted octanol–water partition coefficient (Wildman–Crippen LogP) is 1.29. The van der Waals surface area contributed by atoms with Crippen LogP contribution < -0.4 is 5.73 Å². The van der Waals surface area contributed by atoms with E-state index in [4.69, 9.17) is 5.73 Å². The highest BCUT2D eigenvalue weighted by atomic mass is 19.1. The number of nitrogens with zero attached hydrogens (tertiary/aromatic N) is 4. The van der Waals surface area contributed by atoms with Crippen LogP contribution in [-0.2, 0) is 18.4 Å². The number of hydrogen-bond acceptors (Lipinski definition) is 4. The lowest BCUT2D eigenvalue weighted by Gasteiger charge is -2.42. The maximum Gasteiger partial charge on any atom is 0.239 e. The van der Waals surface area contributed by atoms with E-state index in [-0.39, 0.29) is 11.9 Å². The summed E-state index contributed by atoms with van der Waals surface area (Å²) >= 11 is 0. The Labute approximate surface area is 147 Å². The molecule has 6 nitrogen and oxygen atoms in total. The Morgan fingerprint density at radius 3 is 2.64 bits per heavy atom. The van der Waals surface area contributed by atoms with Gasteiger partial charge in [0.15, 0.2) is 0 Å². The fraction of sp³-hybridized carbons (Fsp3) is 0.444. The van der Waals surface area contributed by atoms with Crippen molar-refractivity contribution in [1.29, 1.82) is 0 Å². The van der Waals surface area contributed by atoms with Gasteiger partial charge in [-0.15, -0.1) is 0 Å². The van der Waals surface area contributed by atoms with Gasteiger partial charge < -0.3 is 10.3 Å². The molecule has 1 aliphatic rings. The van der Waals surface area contributed by atoms with Crippen LogP contribution in [0.2, 0.25) is 0 Å². The number of amides is 1. The molecule has 1 aromatic heterocycles. The normalized spacial score (nSPS) is 20.5. The first-order valence-electron chi connectivity index (χ1n) is 8.45. The SMILES string of the molecule is C[C@H]1CN([C@@H](C(N)=O)c2ccc(F)cc2)CCN1Cc1nccn1C. The third-order valence-corrected chi connectivity index (χ3v) is 4.88. The molecule has 134 valence electrons. The van der Waals surface area contributed by atoms with Gasteiger partial charge in [-0.3, -0.25) is 14.6 Å². The third-order valence-electron chi connectivity index (χ3n) is 4.88. The van der Waals surface area contributed by atoms with Gasteiger partial charge in [-0.05, 0) is 24.6 Å². The lowest BCUT2D eigenvalue weighted by molar-refractivity contribution is -0.124. The summed E-state index contributed by atoms with van der Waals surface area (Å²) in [6, 6.07) is 5.73.